The summed E-state index contributed by atoms with van der Waals surface area (Å²) in [4.78, 5) is 67.1. The molecule has 0 aromatic heterocycles. The molecule has 3 aliphatic carbocycles. The number of phenols is 1. The topological polar surface area (TPSA) is 205 Å². The normalized spacial score (nSPS) is 28.4. The minimum absolute atomic E-state index is 0.0750. The van der Waals surface area contributed by atoms with E-state index in [-0.39, 0.29) is 29.9 Å². The van der Waals surface area contributed by atoms with Crippen molar-refractivity contribution in [3.05, 3.63) is 46.2 Å². The van der Waals surface area contributed by atoms with Gasteiger partial charge in [0.05, 0.1) is 23.9 Å². The quantitative estimate of drug-likeness (QED) is 0.150. The highest BCUT2D eigenvalue weighted by molar-refractivity contribution is 6.24. The SMILES string of the molecule is CCCCCC(=O)CCC(=O)O[C@H]1[C@H]2C(=C(O)c3c(O)cccc3[C@@H]2C)C(=O)[C@]2(O)C(O)=C(C(N)=O)C(=O)[C@@H](N(C)C)[C@H]12. The zero-order chi connectivity index (χ0) is 32.0. The summed E-state index contributed by atoms with van der Waals surface area (Å²) in [5.74, 6) is -10.4. The van der Waals surface area contributed by atoms with Crippen LogP contribution in [0.4, 0.5) is 0 Å². The fourth-order valence-corrected chi connectivity index (χ4v) is 6.84. The van der Waals surface area contributed by atoms with Crippen molar-refractivity contribution in [3.8, 4) is 5.75 Å². The van der Waals surface area contributed by atoms with Crippen molar-refractivity contribution in [2.45, 2.75) is 76.0 Å². The van der Waals surface area contributed by atoms with E-state index in [1.807, 2.05) is 6.92 Å². The highest BCUT2D eigenvalue weighted by Crippen LogP contribution is 2.56. The number of benzene rings is 1. The number of unbranched alkanes of at least 4 members (excludes halogenated alkanes) is 2. The van der Waals surface area contributed by atoms with Gasteiger partial charge in [-0.15, -0.1) is 0 Å². The van der Waals surface area contributed by atoms with Crippen LogP contribution >= 0.6 is 0 Å². The van der Waals surface area contributed by atoms with Crippen molar-refractivity contribution in [1.82, 2.24) is 4.90 Å². The number of nitrogens with two attached hydrogens (primary N) is 1. The van der Waals surface area contributed by atoms with Gasteiger partial charge in [0.15, 0.2) is 11.4 Å². The Bertz CT molecular complexity index is 1440. The largest absolute Gasteiger partial charge is 0.508 e. The number of hydrogen-bond donors (Lipinski definition) is 5. The molecule has 0 heterocycles. The van der Waals surface area contributed by atoms with E-state index >= 15 is 0 Å². The predicted octanol–water partition coefficient (Wildman–Crippen LogP) is 1.98. The fraction of sp³-hybridized carbons (Fsp3) is 0.516. The number of likely N-dealkylation sites (N-methyl/N-ethyl adjacent to an activating group) is 1. The average Bonchev–Trinajstić information content (AvgIpc) is 2.93. The van der Waals surface area contributed by atoms with E-state index < -0.39 is 81.6 Å². The molecule has 0 spiro atoms. The number of primary amides is 1. The van der Waals surface area contributed by atoms with Crippen LogP contribution in [0.2, 0.25) is 0 Å². The van der Waals surface area contributed by atoms with Crippen LogP contribution in [0.3, 0.4) is 0 Å². The van der Waals surface area contributed by atoms with Gasteiger partial charge in [0, 0.05) is 24.3 Å². The Morgan fingerprint density at radius 3 is 2.33 bits per heavy atom. The maximum Gasteiger partial charge on any atom is 0.306 e. The number of esters is 1. The smallest absolute Gasteiger partial charge is 0.306 e. The lowest BCUT2D eigenvalue weighted by molar-refractivity contribution is -0.185. The first-order chi connectivity index (χ1) is 20.2. The summed E-state index contributed by atoms with van der Waals surface area (Å²) in [6.07, 6.45) is 0.832. The second-order valence-corrected chi connectivity index (χ2v) is 11.8. The maximum absolute atomic E-state index is 14.2. The first-order valence-corrected chi connectivity index (χ1v) is 14.4. The molecule has 1 saturated carbocycles. The van der Waals surface area contributed by atoms with Gasteiger partial charge < -0.3 is 30.9 Å². The van der Waals surface area contributed by atoms with Gasteiger partial charge in [0.25, 0.3) is 5.91 Å². The van der Waals surface area contributed by atoms with Crippen LogP contribution in [0.5, 0.6) is 5.75 Å². The van der Waals surface area contributed by atoms with Crippen molar-refractivity contribution in [2.75, 3.05) is 14.1 Å². The van der Waals surface area contributed by atoms with Crippen LogP contribution in [-0.2, 0) is 28.7 Å². The number of phenolic OH excluding ortho intramolecular Hbond substituents is 1. The minimum Gasteiger partial charge on any atom is -0.508 e. The molecule has 0 saturated heterocycles. The third kappa shape index (κ3) is 5.12. The van der Waals surface area contributed by atoms with Gasteiger partial charge in [-0.25, -0.2) is 0 Å². The second kappa shape index (κ2) is 11.9. The zero-order valence-corrected chi connectivity index (χ0v) is 24.6. The number of aliphatic hydroxyl groups is 3. The van der Waals surface area contributed by atoms with Crippen molar-refractivity contribution in [1.29, 1.82) is 0 Å². The van der Waals surface area contributed by atoms with Crippen LogP contribution in [0.15, 0.2) is 35.1 Å². The molecule has 6 N–H and O–H groups in total. The Hall–Kier alpha value is -4.03. The molecule has 6 atom stereocenters. The third-order valence-corrected chi connectivity index (χ3v) is 8.90. The van der Waals surface area contributed by atoms with Crippen molar-refractivity contribution < 1.29 is 49.1 Å². The Morgan fingerprint density at radius 1 is 1.05 bits per heavy atom. The van der Waals surface area contributed by atoms with E-state index in [1.165, 1.54) is 31.1 Å². The summed E-state index contributed by atoms with van der Waals surface area (Å²) in [6.45, 7) is 3.67. The Labute approximate surface area is 248 Å². The van der Waals surface area contributed by atoms with Crippen molar-refractivity contribution in [3.63, 3.8) is 0 Å². The first kappa shape index (κ1) is 31.9. The summed E-state index contributed by atoms with van der Waals surface area (Å²) in [7, 11) is 2.89. The number of fused-ring (bicyclic) bond motifs is 3. The molecule has 0 radical (unpaired) electrons. The molecule has 43 heavy (non-hydrogen) atoms. The molecular formula is C31H38N2O10. The average molecular weight is 599 g/mol. The number of hydrogen-bond acceptors (Lipinski definition) is 11. The molecule has 1 aromatic rings. The summed E-state index contributed by atoms with van der Waals surface area (Å²) >= 11 is 0. The molecule has 0 unspecified atom stereocenters. The highest BCUT2D eigenvalue weighted by atomic mass is 16.5. The molecule has 1 amide bonds. The number of ketones is 3. The Balaban J connectivity index is 1.89. The number of carbonyl (C=O) groups is 5. The molecule has 12 nitrogen and oxygen atoms in total. The second-order valence-electron chi connectivity index (χ2n) is 11.8. The monoisotopic (exact) mass is 598 g/mol. The number of aliphatic hydroxyl groups excluding tert-OH is 2. The maximum atomic E-state index is 14.2. The number of Topliss-reactive ketones (excluding diaryl/α,β-unsaturated/α-hetero) is 3. The van der Waals surface area contributed by atoms with Crippen LogP contribution < -0.4 is 5.73 Å². The number of rotatable bonds is 10. The van der Waals surface area contributed by atoms with E-state index in [0.29, 0.717) is 18.4 Å². The van der Waals surface area contributed by atoms with Gasteiger partial charge in [-0.05, 0) is 38.1 Å². The minimum atomic E-state index is -3.02. The predicted molar refractivity (Wildman–Crippen MR) is 153 cm³/mol. The van der Waals surface area contributed by atoms with Crippen LogP contribution in [-0.4, -0.2) is 86.4 Å². The molecule has 1 aromatic carbocycles. The van der Waals surface area contributed by atoms with Crippen molar-refractivity contribution >= 4 is 35.0 Å². The lowest BCUT2D eigenvalue weighted by atomic mass is 9.54. The van der Waals surface area contributed by atoms with Gasteiger partial charge >= 0.3 is 5.97 Å². The van der Waals surface area contributed by atoms with Gasteiger partial charge in [-0.3, -0.25) is 28.9 Å². The lowest BCUT2D eigenvalue weighted by Gasteiger charge is -2.54. The van der Waals surface area contributed by atoms with Crippen LogP contribution in [0.25, 0.3) is 5.76 Å². The summed E-state index contributed by atoms with van der Waals surface area (Å²) in [6, 6.07) is 2.98. The van der Waals surface area contributed by atoms with E-state index in [4.69, 9.17) is 10.5 Å². The summed E-state index contributed by atoms with van der Waals surface area (Å²) in [5.41, 5.74) is 1.28. The lowest BCUT2D eigenvalue weighted by Crippen LogP contribution is -2.71. The molecule has 12 heteroatoms. The molecule has 1 fully saturated rings. The number of ether oxygens (including phenoxy) is 1. The molecule has 232 valence electrons. The number of amides is 1. The van der Waals surface area contributed by atoms with E-state index in [1.54, 1.807) is 13.0 Å². The number of nitrogens with zero attached hydrogens (tertiary/aromatic N) is 1. The van der Waals surface area contributed by atoms with Crippen molar-refractivity contribution in [2.24, 2.45) is 17.6 Å². The fourth-order valence-electron chi connectivity index (χ4n) is 6.84. The molecule has 3 aliphatic rings. The van der Waals surface area contributed by atoms with E-state index in [2.05, 4.69) is 0 Å². The standard InChI is InChI=1S/C31H38N2O10/c1-5-6-7-9-15(34)12-13-18(36)43-27-19-14(2)16-10-8-11-17(35)20(16)25(37)21(19)28(39)31(42)23(27)24(33(3)4)26(38)22(29(31)40)30(32)41/h8,10-11,14,19,23-24,27,35,37,40,42H,5-7,9,12-13H2,1-4H3,(H2,32,41)/t14-,19+,23+,24-,27-,31-/m0/s1. The zero-order valence-electron chi connectivity index (χ0n) is 24.6. The van der Waals surface area contributed by atoms with E-state index in [0.717, 1.165) is 12.8 Å². The summed E-state index contributed by atoms with van der Waals surface area (Å²) in [5, 5.41) is 45.2. The summed E-state index contributed by atoms with van der Waals surface area (Å²) < 4.78 is 5.92. The van der Waals surface area contributed by atoms with Gasteiger partial charge in [-0.2, -0.15) is 0 Å². The molecule has 4 rings (SSSR count). The molecular weight excluding hydrogens is 560 g/mol. The third-order valence-electron chi connectivity index (χ3n) is 8.90. The highest BCUT2D eigenvalue weighted by Gasteiger charge is 2.69. The van der Waals surface area contributed by atoms with Gasteiger partial charge in [0.1, 0.15) is 34.7 Å². The number of aromatic hydroxyl groups is 1. The Kier molecular flexibility index (Phi) is 8.85. The number of carbonyl (C=O) groups excluding carboxylic acids is 5. The van der Waals surface area contributed by atoms with Gasteiger partial charge in [-0.1, -0.05) is 38.8 Å². The van der Waals surface area contributed by atoms with Crippen LogP contribution in [0, 0.1) is 11.8 Å². The first-order valence-electron chi connectivity index (χ1n) is 14.4. The molecule has 0 bridgehead atoms. The van der Waals surface area contributed by atoms with Gasteiger partial charge in [0.2, 0.25) is 5.78 Å². The molecule has 0 aliphatic heterocycles. The Morgan fingerprint density at radius 2 is 1.72 bits per heavy atom. The van der Waals surface area contributed by atoms with E-state index in [9.17, 15) is 44.4 Å². The van der Waals surface area contributed by atoms with Crippen LogP contribution in [0.1, 0.15) is 69.4 Å².